The van der Waals surface area contributed by atoms with Gasteiger partial charge in [0.05, 0.1) is 59.1 Å². The van der Waals surface area contributed by atoms with Crippen molar-refractivity contribution in [2.75, 3.05) is 46.1 Å². The quantitative estimate of drug-likeness (QED) is 0.0319. The Kier molecular flexibility index (Phi) is 18.6. The molecular weight excluding hydrogens is 1070 g/mol. The average molecular weight is 1120 g/mol. The van der Waals surface area contributed by atoms with Gasteiger partial charge in [-0.05, 0) is 70.0 Å². The van der Waals surface area contributed by atoms with E-state index in [1.807, 2.05) is 0 Å². The number of ether oxygens (including phenoxy) is 5. The van der Waals surface area contributed by atoms with E-state index in [2.05, 4.69) is 19.9 Å². The first-order chi connectivity index (χ1) is 36.5. The lowest BCUT2D eigenvalue weighted by molar-refractivity contribution is -0.156. The summed E-state index contributed by atoms with van der Waals surface area (Å²) in [6, 6.07) is 10.7. The highest BCUT2D eigenvalue weighted by atomic mass is 32.2. The van der Waals surface area contributed by atoms with Crippen molar-refractivity contribution >= 4 is 74.4 Å². The number of para-hydroxylation sites is 4. The molecule has 4 atom stereocenters. The molecule has 1 aliphatic heterocycles. The molecule has 5 heterocycles. The van der Waals surface area contributed by atoms with Gasteiger partial charge in [-0.2, -0.15) is 36.3 Å². The molecule has 0 N–H and O–H groups in total. The fourth-order valence-electron chi connectivity index (χ4n) is 8.26. The zero-order chi connectivity index (χ0) is 55.8. The Bertz CT molecular complexity index is 3120. The molecule has 1 aliphatic rings. The van der Waals surface area contributed by atoms with Crippen molar-refractivity contribution in [3.8, 4) is 11.5 Å². The van der Waals surface area contributed by atoms with Gasteiger partial charge in [-0.25, -0.2) is 23.5 Å². The summed E-state index contributed by atoms with van der Waals surface area (Å²) in [6.07, 6.45) is -6.99. The van der Waals surface area contributed by atoms with Gasteiger partial charge in [-0.15, -0.1) is 0 Å². The number of likely N-dealkylation sites (tertiary alicyclic amines) is 1. The molecule has 0 bridgehead atoms. The normalized spacial score (nSPS) is 15.0. The number of nitrogens with zero attached hydrogens (tertiary/aromatic N) is 8. The lowest BCUT2D eigenvalue weighted by Gasteiger charge is -2.30. The molecular formula is C49H50F6N8O12S2. The summed E-state index contributed by atoms with van der Waals surface area (Å²) in [7, 11) is 0. The van der Waals surface area contributed by atoms with Crippen molar-refractivity contribution in [2.45, 2.75) is 93.2 Å². The Morgan fingerprint density at radius 3 is 1.79 bits per heavy atom. The fourth-order valence-corrected chi connectivity index (χ4v) is 10.8. The maximum absolute atomic E-state index is 15.0. The second kappa shape index (κ2) is 24.9. The lowest BCUT2D eigenvalue weighted by atomic mass is 10.1. The van der Waals surface area contributed by atoms with E-state index in [0.717, 1.165) is 21.0 Å². The van der Waals surface area contributed by atoms with Crippen LogP contribution in [0.5, 0.6) is 11.5 Å². The second-order valence-electron chi connectivity index (χ2n) is 17.2. The summed E-state index contributed by atoms with van der Waals surface area (Å²) in [5.74, 6) is -4.01. The number of hydrogen-bond acceptors (Lipinski definition) is 16. The molecule has 0 saturated carbocycles. The van der Waals surface area contributed by atoms with Crippen LogP contribution < -0.4 is 9.47 Å². The van der Waals surface area contributed by atoms with E-state index in [0.29, 0.717) is 18.4 Å². The van der Waals surface area contributed by atoms with Crippen molar-refractivity contribution < 1.29 is 83.1 Å². The van der Waals surface area contributed by atoms with Crippen LogP contribution in [0.2, 0.25) is 0 Å². The van der Waals surface area contributed by atoms with Crippen molar-refractivity contribution in [2.24, 2.45) is 0 Å². The zero-order valence-corrected chi connectivity index (χ0v) is 43.3. The summed E-state index contributed by atoms with van der Waals surface area (Å²) >= 11 is -4.39. The number of aromatic nitrogens is 6. The summed E-state index contributed by atoms with van der Waals surface area (Å²) in [5, 5.41) is -0.564. The summed E-state index contributed by atoms with van der Waals surface area (Å²) < 4.78 is 135. The van der Waals surface area contributed by atoms with Gasteiger partial charge in [0.15, 0.2) is 24.7 Å². The first kappa shape index (κ1) is 57.5. The maximum atomic E-state index is 15.0. The fraction of sp³-hybridized carbons (Fsp3) is 0.408. The molecule has 4 aromatic heterocycles. The van der Waals surface area contributed by atoms with Crippen molar-refractivity contribution in [1.82, 2.24) is 38.9 Å². The van der Waals surface area contributed by atoms with Gasteiger partial charge in [-0.1, -0.05) is 24.3 Å². The van der Waals surface area contributed by atoms with E-state index in [1.165, 1.54) is 62.3 Å². The van der Waals surface area contributed by atoms with Crippen molar-refractivity contribution in [1.29, 1.82) is 0 Å². The van der Waals surface area contributed by atoms with E-state index >= 15 is 4.79 Å². The molecule has 28 heteroatoms. The highest BCUT2D eigenvalue weighted by molar-refractivity contribution is 7.90. The molecule has 0 radical (unpaired) electrons. The molecule has 2 aromatic carbocycles. The first-order valence-electron chi connectivity index (χ1n) is 23.6. The number of carbonyl (C=O) groups is 5. The number of amides is 2. The Hall–Kier alpha value is -7.17. The molecule has 7 rings (SSSR count). The minimum Gasteiger partial charge on any atom is -0.609 e. The van der Waals surface area contributed by atoms with Crippen LogP contribution in [0.1, 0.15) is 55.6 Å². The Morgan fingerprint density at radius 2 is 1.27 bits per heavy atom. The smallest absolute Gasteiger partial charge is 0.422 e. The van der Waals surface area contributed by atoms with Gasteiger partial charge in [0, 0.05) is 59.3 Å². The van der Waals surface area contributed by atoms with E-state index in [-0.39, 0.29) is 79.8 Å². The van der Waals surface area contributed by atoms with Gasteiger partial charge < -0.3 is 42.6 Å². The SMILES string of the molecule is CCOC(=O)C(CC(=O)OC[C@@H]1CCCN1C(=O)n1c([S+]([O-])Cc2nccc(OCC(F)(F)F)c2C)nc2ccccc21)N(CCOC(C)=O)C(=O)n1c([S+]([O-])Cc2nccc(OCC(F)(F)F)c2C)nc2ccccc21. The van der Waals surface area contributed by atoms with Crippen LogP contribution in [0.25, 0.3) is 22.1 Å². The number of imidazole rings is 2. The van der Waals surface area contributed by atoms with Crippen LogP contribution >= 0.6 is 0 Å². The molecule has 0 spiro atoms. The van der Waals surface area contributed by atoms with E-state index < -0.39 is 122 Å². The minimum atomic E-state index is -4.65. The second-order valence-corrected chi connectivity index (χ2v) is 19.9. The number of pyridine rings is 2. The van der Waals surface area contributed by atoms with E-state index in [4.69, 9.17) is 23.7 Å². The number of esters is 3. The number of hydrogen-bond donors (Lipinski definition) is 0. The van der Waals surface area contributed by atoms with Crippen LogP contribution in [0, 0.1) is 13.8 Å². The van der Waals surface area contributed by atoms with Gasteiger partial charge in [0.1, 0.15) is 30.8 Å². The third kappa shape index (κ3) is 14.3. The largest absolute Gasteiger partial charge is 0.609 e. The Labute approximate surface area is 441 Å². The summed E-state index contributed by atoms with van der Waals surface area (Å²) in [6.45, 7) is 0.763. The third-order valence-corrected chi connectivity index (χ3v) is 14.4. The number of rotatable bonds is 20. The molecule has 1 saturated heterocycles. The van der Waals surface area contributed by atoms with Crippen molar-refractivity contribution in [3.63, 3.8) is 0 Å². The van der Waals surface area contributed by atoms with Crippen LogP contribution in [-0.4, -0.2) is 149 Å². The van der Waals surface area contributed by atoms with E-state index in [1.54, 1.807) is 36.4 Å². The third-order valence-electron chi connectivity index (χ3n) is 11.9. The predicted octanol–water partition coefficient (Wildman–Crippen LogP) is 7.12. The first-order valence-corrected chi connectivity index (χ1v) is 26.3. The van der Waals surface area contributed by atoms with Crippen LogP contribution in [0.15, 0.2) is 83.4 Å². The van der Waals surface area contributed by atoms with Gasteiger partial charge in [-0.3, -0.25) is 19.6 Å². The van der Waals surface area contributed by atoms with Crippen molar-refractivity contribution in [3.05, 3.63) is 95.6 Å². The van der Waals surface area contributed by atoms with Gasteiger partial charge in [0.2, 0.25) is 0 Å². The molecule has 0 aliphatic carbocycles. The average Bonchev–Trinajstić information content (AvgIpc) is 4.17. The van der Waals surface area contributed by atoms with Gasteiger partial charge >= 0.3 is 52.6 Å². The van der Waals surface area contributed by atoms with Crippen LogP contribution in [0.3, 0.4) is 0 Å². The van der Waals surface area contributed by atoms with E-state index in [9.17, 15) is 54.6 Å². The zero-order valence-electron chi connectivity index (χ0n) is 41.6. The standard InChI is InChI=1S/C49H50F6N8O12S2/c1-5-71-43(66)39(61(21-22-72-31(4)64)47(68)63-38-15-9-7-13-34(38)59-45(63)77(70)26-36-30(3)41(17-19-57-36)75-28-49(53,54)55)23-42(65)73-24-32-11-10-20-60(32)46(67)62-37-14-8-6-12-33(37)58-44(62)76(69)25-35-29(2)40(16-18-56-35)74-27-48(50,51)52/h6-9,12-19,32,39H,5,10-11,20-28H2,1-4H3/t32-,39?,76?,77?/m0/s1. The topological polar surface area (TPSA) is 246 Å². The maximum Gasteiger partial charge on any atom is 0.422 e. The number of fused-ring (bicyclic) bond motifs is 2. The minimum absolute atomic E-state index is 0.0533. The molecule has 412 valence electrons. The van der Waals surface area contributed by atoms with Gasteiger partial charge in [0.25, 0.3) is 0 Å². The van der Waals surface area contributed by atoms with Crippen LogP contribution in [0.4, 0.5) is 35.9 Å². The van der Waals surface area contributed by atoms with Crippen LogP contribution in [-0.2, 0) is 62.5 Å². The molecule has 20 nitrogen and oxygen atoms in total. The molecule has 77 heavy (non-hydrogen) atoms. The predicted molar refractivity (Wildman–Crippen MR) is 261 cm³/mol. The Morgan fingerprint density at radius 1 is 0.753 bits per heavy atom. The monoisotopic (exact) mass is 1120 g/mol. The number of alkyl halides is 6. The number of benzene rings is 2. The lowest BCUT2D eigenvalue weighted by Crippen LogP contribution is -2.50. The Balaban J connectivity index is 1.12. The summed E-state index contributed by atoms with van der Waals surface area (Å²) in [5.41, 5.74) is 1.35. The number of carbonyl (C=O) groups excluding carboxylic acids is 5. The number of halogens is 6. The summed E-state index contributed by atoms with van der Waals surface area (Å²) in [4.78, 5) is 89.0. The highest BCUT2D eigenvalue weighted by Gasteiger charge is 2.40. The molecule has 3 unspecified atom stereocenters. The molecule has 6 aromatic rings. The molecule has 1 fully saturated rings. The highest BCUT2D eigenvalue weighted by Crippen LogP contribution is 2.31. The molecule has 2 amide bonds.